The van der Waals surface area contributed by atoms with E-state index in [1.807, 2.05) is 20.8 Å². The molecule has 0 saturated heterocycles. The highest BCUT2D eigenvalue weighted by atomic mass is 16.6. The number of rotatable bonds is 4. The van der Waals surface area contributed by atoms with Crippen LogP contribution in [0.5, 0.6) is 0 Å². The van der Waals surface area contributed by atoms with Crippen LogP contribution in [0.15, 0.2) is 5.11 Å². The summed E-state index contributed by atoms with van der Waals surface area (Å²) in [7, 11) is 0. The fourth-order valence-corrected chi connectivity index (χ4v) is 3.17. The first-order valence-corrected chi connectivity index (χ1v) is 6.80. The Balaban J connectivity index is 1.89. The molecule has 19 heavy (non-hydrogen) atoms. The molecule has 2 fully saturated rings. The molecule has 2 saturated carbocycles. The number of carbonyl (C=O) groups is 1. The molecule has 6 nitrogen and oxygen atoms in total. The SMILES string of the molecule is CC(C)(C)OC(=O)NCC1(CN=[N+]=[N-])CC12CCC2. The molecule has 0 aromatic carbocycles. The van der Waals surface area contributed by atoms with Crippen LogP contribution in [0.3, 0.4) is 0 Å². The second-order valence-electron chi connectivity index (χ2n) is 6.84. The zero-order chi connectivity index (χ0) is 14.1. The van der Waals surface area contributed by atoms with Crippen molar-refractivity contribution in [1.82, 2.24) is 5.32 Å². The van der Waals surface area contributed by atoms with Crippen molar-refractivity contribution in [1.29, 1.82) is 0 Å². The smallest absolute Gasteiger partial charge is 0.407 e. The van der Waals surface area contributed by atoms with E-state index in [9.17, 15) is 4.79 Å². The molecule has 6 heteroatoms. The Kier molecular flexibility index (Phi) is 3.39. The number of hydrogen-bond acceptors (Lipinski definition) is 3. The van der Waals surface area contributed by atoms with Crippen LogP contribution >= 0.6 is 0 Å². The van der Waals surface area contributed by atoms with E-state index in [1.54, 1.807) is 0 Å². The molecule has 2 rings (SSSR count). The maximum absolute atomic E-state index is 11.7. The number of hydrogen-bond donors (Lipinski definition) is 1. The summed E-state index contributed by atoms with van der Waals surface area (Å²) in [6, 6.07) is 0. The van der Waals surface area contributed by atoms with E-state index in [2.05, 4.69) is 15.3 Å². The molecule has 0 aromatic rings. The molecule has 0 radical (unpaired) electrons. The highest BCUT2D eigenvalue weighted by Crippen LogP contribution is 2.73. The average molecular weight is 266 g/mol. The first-order valence-electron chi connectivity index (χ1n) is 6.80. The Labute approximate surface area is 113 Å². The van der Waals surface area contributed by atoms with Crippen molar-refractivity contribution in [2.45, 2.75) is 52.1 Å². The van der Waals surface area contributed by atoms with E-state index in [0.717, 1.165) is 6.42 Å². The van der Waals surface area contributed by atoms with Gasteiger partial charge in [-0.3, -0.25) is 0 Å². The molecule has 1 atom stereocenters. The van der Waals surface area contributed by atoms with Crippen molar-refractivity contribution in [3.8, 4) is 0 Å². The molecule has 106 valence electrons. The summed E-state index contributed by atoms with van der Waals surface area (Å²) in [5, 5.41) is 6.55. The van der Waals surface area contributed by atoms with E-state index >= 15 is 0 Å². The number of alkyl carbamates (subject to hydrolysis) is 1. The number of amides is 1. The predicted octanol–water partition coefficient (Wildman–Crippen LogP) is 3.38. The first kappa shape index (κ1) is 14.0. The van der Waals surface area contributed by atoms with Crippen molar-refractivity contribution < 1.29 is 9.53 Å². The minimum atomic E-state index is -0.486. The topological polar surface area (TPSA) is 87.1 Å². The molecule has 1 spiro atoms. The van der Waals surface area contributed by atoms with Gasteiger partial charge in [-0.05, 0) is 56.4 Å². The maximum atomic E-state index is 11.7. The van der Waals surface area contributed by atoms with Crippen LogP contribution in [-0.2, 0) is 4.74 Å². The van der Waals surface area contributed by atoms with Gasteiger partial charge < -0.3 is 10.1 Å². The van der Waals surface area contributed by atoms with Gasteiger partial charge in [0.15, 0.2) is 0 Å². The predicted molar refractivity (Wildman–Crippen MR) is 71.6 cm³/mol. The Bertz CT molecular complexity index is 419. The maximum Gasteiger partial charge on any atom is 0.407 e. The van der Waals surface area contributed by atoms with Gasteiger partial charge in [-0.1, -0.05) is 11.5 Å². The van der Waals surface area contributed by atoms with E-state index < -0.39 is 11.7 Å². The summed E-state index contributed by atoms with van der Waals surface area (Å²) in [5.74, 6) is 0. The van der Waals surface area contributed by atoms with Gasteiger partial charge in [0.2, 0.25) is 0 Å². The summed E-state index contributed by atoms with van der Waals surface area (Å²) in [6.07, 6.45) is 4.27. The summed E-state index contributed by atoms with van der Waals surface area (Å²) in [5.41, 5.74) is 8.29. The Morgan fingerprint density at radius 1 is 1.47 bits per heavy atom. The largest absolute Gasteiger partial charge is 0.444 e. The van der Waals surface area contributed by atoms with Gasteiger partial charge >= 0.3 is 6.09 Å². The molecule has 1 amide bonds. The quantitative estimate of drug-likeness (QED) is 0.480. The highest BCUT2D eigenvalue weighted by Gasteiger charge is 2.68. The van der Waals surface area contributed by atoms with Gasteiger partial charge in [0.25, 0.3) is 0 Å². The van der Waals surface area contributed by atoms with Crippen molar-refractivity contribution in [3.63, 3.8) is 0 Å². The second-order valence-corrected chi connectivity index (χ2v) is 6.84. The van der Waals surface area contributed by atoms with Crippen molar-refractivity contribution >= 4 is 6.09 Å². The van der Waals surface area contributed by atoms with Gasteiger partial charge in [0.1, 0.15) is 5.60 Å². The molecule has 2 aliphatic carbocycles. The van der Waals surface area contributed by atoms with Crippen LogP contribution in [0.1, 0.15) is 46.5 Å². The molecular formula is C13H22N4O2. The number of carbonyl (C=O) groups excluding carboxylic acids is 1. The minimum Gasteiger partial charge on any atom is -0.444 e. The molecule has 0 heterocycles. The molecule has 0 aliphatic heterocycles. The van der Waals surface area contributed by atoms with Crippen LogP contribution in [0.2, 0.25) is 0 Å². The van der Waals surface area contributed by atoms with E-state index in [1.165, 1.54) is 19.3 Å². The minimum absolute atomic E-state index is 0.0333. The number of ether oxygens (including phenoxy) is 1. The van der Waals surface area contributed by atoms with Crippen molar-refractivity contribution in [3.05, 3.63) is 10.4 Å². The second kappa shape index (κ2) is 4.60. The lowest BCUT2D eigenvalue weighted by molar-refractivity contribution is 0.0506. The Morgan fingerprint density at radius 2 is 2.16 bits per heavy atom. The van der Waals surface area contributed by atoms with Gasteiger partial charge in [-0.2, -0.15) is 0 Å². The normalized spacial score (nSPS) is 27.1. The molecule has 0 bridgehead atoms. The average Bonchev–Trinajstić information content (AvgIpc) is 2.92. The Morgan fingerprint density at radius 3 is 2.58 bits per heavy atom. The summed E-state index contributed by atoms with van der Waals surface area (Å²) < 4.78 is 5.23. The van der Waals surface area contributed by atoms with Crippen LogP contribution in [-0.4, -0.2) is 24.8 Å². The molecule has 1 unspecified atom stereocenters. The number of nitrogens with zero attached hydrogens (tertiary/aromatic N) is 3. The van der Waals surface area contributed by atoms with Gasteiger partial charge in [-0.15, -0.1) is 0 Å². The summed E-state index contributed by atoms with van der Waals surface area (Å²) in [6.45, 7) is 6.53. The van der Waals surface area contributed by atoms with Crippen molar-refractivity contribution in [2.24, 2.45) is 15.9 Å². The van der Waals surface area contributed by atoms with Gasteiger partial charge in [0, 0.05) is 18.0 Å². The number of azide groups is 1. The third kappa shape index (κ3) is 2.78. The first-order chi connectivity index (χ1) is 8.83. The van der Waals surface area contributed by atoms with E-state index in [4.69, 9.17) is 10.3 Å². The van der Waals surface area contributed by atoms with Crippen LogP contribution in [0.25, 0.3) is 10.4 Å². The standard InChI is InChI=1S/C13H22N4O2/c1-11(2,3)19-10(18)15-8-13(9-16-17-14)7-12(13)5-4-6-12/h4-9H2,1-3H3,(H,15,18). The highest BCUT2D eigenvalue weighted by molar-refractivity contribution is 5.67. The molecular weight excluding hydrogens is 244 g/mol. The fourth-order valence-electron chi connectivity index (χ4n) is 3.17. The zero-order valence-electron chi connectivity index (χ0n) is 11.9. The zero-order valence-corrected chi connectivity index (χ0v) is 11.9. The number of nitrogens with one attached hydrogen (secondary N) is 1. The Hall–Kier alpha value is -1.42. The van der Waals surface area contributed by atoms with Gasteiger partial charge in [-0.25, -0.2) is 4.79 Å². The fraction of sp³-hybridized carbons (Fsp3) is 0.923. The lowest BCUT2D eigenvalue weighted by atomic mass is 9.75. The van der Waals surface area contributed by atoms with Crippen LogP contribution in [0, 0.1) is 10.8 Å². The lowest BCUT2D eigenvalue weighted by Crippen LogP contribution is -2.39. The van der Waals surface area contributed by atoms with Crippen LogP contribution in [0.4, 0.5) is 4.79 Å². The van der Waals surface area contributed by atoms with E-state index in [0.29, 0.717) is 18.5 Å². The summed E-state index contributed by atoms with van der Waals surface area (Å²) >= 11 is 0. The van der Waals surface area contributed by atoms with Crippen molar-refractivity contribution in [2.75, 3.05) is 13.1 Å². The van der Waals surface area contributed by atoms with Gasteiger partial charge in [0.05, 0.1) is 0 Å². The lowest BCUT2D eigenvalue weighted by Gasteiger charge is -2.32. The third-order valence-corrected chi connectivity index (χ3v) is 4.39. The molecule has 0 aromatic heterocycles. The summed E-state index contributed by atoms with van der Waals surface area (Å²) in [4.78, 5) is 14.5. The monoisotopic (exact) mass is 266 g/mol. The molecule has 1 N–H and O–H groups in total. The van der Waals surface area contributed by atoms with E-state index in [-0.39, 0.29) is 5.41 Å². The molecule has 2 aliphatic rings. The third-order valence-electron chi connectivity index (χ3n) is 4.39. The van der Waals surface area contributed by atoms with Crippen LogP contribution < -0.4 is 5.32 Å².